The second kappa shape index (κ2) is 9.52. The lowest BCUT2D eigenvalue weighted by molar-refractivity contribution is 0.103. The first-order valence-corrected chi connectivity index (χ1v) is 12.2. The first-order chi connectivity index (χ1) is 17.8. The van der Waals surface area contributed by atoms with Gasteiger partial charge in [-0.2, -0.15) is 0 Å². The van der Waals surface area contributed by atoms with Gasteiger partial charge in [-0.3, -0.25) is 4.79 Å². The zero-order chi connectivity index (χ0) is 24.3. The Morgan fingerprint density at radius 2 is 1.03 bits per heavy atom. The van der Waals surface area contributed by atoms with Gasteiger partial charge in [-0.1, -0.05) is 103 Å². The molecule has 0 aliphatic heterocycles. The second-order valence-corrected chi connectivity index (χ2v) is 8.96. The molecule has 0 heterocycles. The van der Waals surface area contributed by atoms with Crippen molar-refractivity contribution in [1.29, 1.82) is 0 Å². The molecule has 1 aliphatic rings. The SMILES string of the molecule is O=C1/C(=C\c2ccc(N(c3ccccc3)c3ccccc3)cc2)C(c2ccccc2)c2ccccc21. The van der Waals surface area contributed by atoms with E-state index in [0.29, 0.717) is 0 Å². The molecule has 1 atom stereocenters. The lowest BCUT2D eigenvalue weighted by Crippen LogP contribution is -2.09. The average molecular weight is 464 g/mol. The van der Waals surface area contributed by atoms with Crippen LogP contribution in [0, 0.1) is 0 Å². The molecule has 0 bridgehead atoms. The van der Waals surface area contributed by atoms with Gasteiger partial charge in [0.2, 0.25) is 0 Å². The zero-order valence-electron chi connectivity index (χ0n) is 19.8. The van der Waals surface area contributed by atoms with E-state index in [2.05, 4.69) is 102 Å². The van der Waals surface area contributed by atoms with Gasteiger partial charge in [-0.25, -0.2) is 0 Å². The van der Waals surface area contributed by atoms with Gasteiger partial charge in [0.25, 0.3) is 0 Å². The third-order valence-electron chi connectivity index (χ3n) is 6.72. The van der Waals surface area contributed by atoms with Gasteiger partial charge in [0, 0.05) is 34.1 Å². The fourth-order valence-corrected chi connectivity index (χ4v) is 5.06. The normalized spacial score (nSPS) is 15.6. The molecule has 0 saturated heterocycles. The lowest BCUT2D eigenvalue weighted by Gasteiger charge is -2.25. The number of anilines is 3. The van der Waals surface area contributed by atoms with Crippen molar-refractivity contribution in [3.63, 3.8) is 0 Å². The molecule has 5 aromatic rings. The van der Waals surface area contributed by atoms with Gasteiger partial charge in [0.05, 0.1) is 0 Å². The molecular formula is C34H25NO. The average Bonchev–Trinajstić information content (AvgIpc) is 3.22. The Labute approximate surface area is 211 Å². The lowest BCUT2D eigenvalue weighted by atomic mass is 9.89. The summed E-state index contributed by atoms with van der Waals surface area (Å²) in [6, 6.07) is 47.4. The van der Waals surface area contributed by atoms with Crippen LogP contribution in [0.15, 0.2) is 145 Å². The molecule has 0 radical (unpaired) electrons. The van der Waals surface area contributed by atoms with Crippen molar-refractivity contribution in [3.8, 4) is 0 Å². The fourth-order valence-electron chi connectivity index (χ4n) is 5.06. The quantitative estimate of drug-likeness (QED) is 0.243. The minimum Gasteiger partial charge on any atom is -0.311 e. The summed E-state index contributed by atoms with van der Waals surface area (Å²) >= 11 is 0. The summed E-state index contributed by atoms with van der Waals surface area (Å²) in [6.45, 7) is 0. The number of fused-ring (bicyclic) bond motifs is 1. The first kappa shape index (κ1) is 21.8. The fraction of sp³-hybridized carbons (Fsp3) is 0.0294. The highest BCUT2D eigenvalue weighted by Gasteiger charge is 2.35. The van der Waals surface area contributed by atoms with Crippen LogP contribution in [0.4, 0.5) is 17.1 Å². The molecule has 172 valence electrons. The molecule has 0 amide bonds. The maximum absolute atomic E-state index is 13.5. The van der Waals surface area contributed by atoms with E-state index in [9.17, 15) is 4.79 Å². The molecule has 1 unspecified atom stereocenters. The number of hydrogen-bond donors (Lipinski definition) is 0. The Balaban J connectivity index is 1.40. The first-order valence-electron chi connectivity index (χ1n) is 12.2. The topological polar surface area (TPSA) is 20.3 Å². The Hall–Kier alpha value is -4.69. The van der Waals surface area contributed by atoms with Crippen molar-refractivity contribution in [1.82, 2.24) is 0 Å². The van der Waals surface area contributed by atoms with E-state index < -0.39 is 0 Å². The van der Waals surface area contributed by atoms with Crippen LogP contribution in [0.5, 0.6) is 0 Å². The number of Topliss-reactive ketones (excluding diaryl/α,β-unsaturated/α-hetero) is 1. The molecule has 6 rings (SSSR count). The molecule has 0 spiro atoms. The highest BCUT2D eigenvalue weighted by Crippen LogP contribution is 2.43. The summed E-state index contributed by atoms with van der Waals surface area (Å²) in [7, 11) is 0. The van der Waals surface area contributed by atoms with E-state index in [1.807, 2.05) is 48.5 Å². The molecule has 0 N–H and O–H groups in total. The predicted molar refractivity (Wildman–Crippen MR) is 148 cm³/mol. The van der Waals surface area contributed by atoms with E-state index >= 15 is 0 Å². The van der Waals surface area contributed by atoms with Crippen molar-refractivity contribution in [3.05, 3.63) is 167 Å². The maximum atomic E-state index is 13.5. The van der Waals surface area contributed by atoms with Crippen molar-refractivity contribution < 1.29 is 4.79 Å². The maximum Gasteiger partial charge on any atom is 0.190 e. The van der Waals surface area contributed by atoms with Gasteiger partial charge >= 0.3 is 0 Å². The highest BCUT2D eigenvalue weighted by molar-refractivity contribution is 6.17. The summed E-state index contributed by atoms with van der Waals surface area (Å²) in [5, 5.41) is 0. The predicted octanol–water partition coefficient (Wildman–Crippen LogP) is 8.57. The number of para-hydroxylation sites is 2. The van der Waals surface area contributed by atoms with Crippen molar-refractivity contribution in [2.24, 2.45) is 0 Å². The van der Waals surface area contributed by atoms with E-state index in [1.165, 1.54) is 0 Å². The molecule has 36 heavy (non-hydrogen) atoms. The van der Waals surface area contributed by atoms with Gasteiger partial charge in [0.1, 0.15) is 0 Å². The van der Waals surface area contributed by atoms with Crippen LogP contribution >= 0.6 is 0 Å². The van der Waals surface area contributed by atoms with Crippen LogP contribution in [-0.4, -0.2) is 5.78 Å². The Morgan fingerprint density at radius 1 is 0.528 bits per heavy atom. The molecule has 5 aromatic carbocycles. The minimum absolute atomic E-state index is 0.0558. The monoisotopic (exact) mass is 463 g/mol. The molecule has 2 nitrogen and oxygen atoms in total. The molecule has 0 aromatic heterocycles. The second-order valence-electron chi connectivity index (χ2n) is 8.96. The van der Waals surface area contributed by atoms with Crippen LogP contribution in [0.25, 0.3) is 6.08 Å². The van der Waals surface area contributed by atoms with E-state index in [1.54, 1.807) is 0 Å². The van der Waals surface area contributed by atoms with E-state index in [4.69, 9.17) is 0 Å². The Bertz CT molecular complexity index is 1480. The molecular weight excluding hydrogens is 438 g/mol. The van der Waals surface area contributed by atoms with Crippen molar-refractivity contribution in [2.75, 3.05) is 4.90 Å². The van der Waals surface area contributed by atoms with Gasteiger partial charge in [0.15, 0.2) is 5.78 Å². The Morgan fingerprint density at radius 3 is 1.64 bits per heavy atom. The molecule has 2 heteroatoms. The number of nitrogens with zero attached hydrogens (tertiary/aromatic N) is 1. The molecule has 0 saturated carbocycles. The number of hydrogen-bond acceptors (Lipinski definition) is 2. The number of carbonyl (C=O) groups is 1. The summed E-state index contributed by atoms with van der Waals surface area (Å²) in [6.07, 6.45) is 2.05. The van der Waals surface area contributed by atoms with E-state index in [-0.39, 0.29) is 11.7 Å². The highest BCUT2D eigenvalue weighted by atomic mass is 16.1. The van der Waals surface area contributed by atoms with Gasteiger partial charge < -0.3 is 4.90 Å². The number of ketones is 1. The third-order valence-corrected chi connectivity index (χ3v) is 6.72. The summed E-state index contributed by atoms with van der Waals surface area (Å²) in [5.41, 5.74) is 8.11. The van der Waals surface area contributed by atoms with Crippen LogP contribution in [0.2, 0.25) is 0 Å². The molecule has 1 aliphatic carbocycles. The third kappa shape index (κ3) is 4.03. The molecule has 0 fully saturated rings. The summed E-state index contributed by atoms with van der Waals surface area (Å²) in [5.74, 6) is 0.0541. The van der Waals surface area contributed by atoms with Gasteiger partial charge in [-0.05, 0) is 59.2 Å². The van der Waals surface area contributed by atoms with Gasteiger partial charge in [-0.15, -0.1) is 0 Å². The largest absolute Gasteiger partial charge is 0.311 e. The number of rotatable bonds is 5. The minimum atomic E-state index is -0.0558. The summed E-state index contributed by atoms with van der Waals surface area (Å²) < 4.78 is 0. The number of benzene rings is 5. The van der Waals surface area contributed by atoms with Crippen molar-refractivity contribution in [2.45, 2.75) is 5.92 Å². The number of carbonyl (C=O) groups excluding carboxylic acids is 1. The zero-order valence-corrected chi connectivity index (χ0v) is 19.8. The Kier molecular flexibility index (Phi) is 5.77. The van der Waals surface area contributed by atoms with E-state index in [0.717, 1.165) is 44.9 Å². The summed E-state index contributed by atoms with van der Waals surface area (Å²) in [4.78, 5) is 15.7. The number of allylic oxidation sites excluding steroid dienone is 1. The smallest absolute Gasteiger partial charge is 0.190 e. The van der Waals surface area contributed by atoms with Crippen molar-refractivity contribution >= 4 is 28.9 Å². The van der Waals surface area contributed by atoms with Crippen LogP contribution < -0.4 is 4.90 Å². The van der Waals surface area contributed by atoms with Crippen LogP contribution in [0.3, 0.4) is 0 Å². The van der Waals surface area contributed by atoms with Crippen LogP contribution in [0.1, 0.15) is 33.0 Å². The van der Waals surface area contributed by atoms with Crippen LogP contribution in [-0.2, 0) is 0 Å². The standard InChI is InChI=1S/C34H25NO/c36-34-31-19-11-10-18-30(31)33(26-12-4-1-5-13-26)32(34)24-25-20-22-29(23-21-25)35(27-14-6-2-7-15-27)28-16-8-3-9-17-28/h1-24,33H/b32-24-.